The van der Waals surface area contributed by atoms with Gasteiger partial charge in [-0.1, -0.05) is 0 Å². The average molecular weight is 279 g/mol. The van der Waals surface area contributed by atoms with Crippen molar-refractivity contribution in [2.75, 3.05) is 25.9 Å². The van der Waals surface area contributed by atoms with Gasteiger partial charge in [-0.15, -0.1) is 0 Å². The zero-order valence-electron chi connectivity index (χ0n) is 11.2. The fraction of sp³-hybridized carbons (Fsp3) is 0.500. The fourth-order valence-electron chi connectivity index (χ4n) is 2.10. The van der Waals surface area contributed by atoms with Crippen molar-refractivity contribution in [3.63, 3.8) is 0 Å². The molecule has 3 N–H and O–H groups in total. The monoisotopic (exact) mass is 279 g/mol. The van der Waals surface area contributed by atoms with Gasteiger partial charge < -0.3 is 15.8 Å². The van der Waals surface area contributed by atoms with Crippen molar-refractivity contribution >= 4 is 17.8 Å². The van der Waals surface area contributed by atoms with Gasteiger partial charge in [0.15, 0.2) is 0 Å². The van der Waals surface area contributed by atoms with E-state index in [4.69, 9.17) is 5.73 Å². The molecule has 0 aromatic carbocycles. The number of ether oxygens (including phenoxy) is 1. The fourth-order valence-corrected chi connectivity index (χ4v) is 2.10. The molecular formula is C12H17N5O3. The molecule has 8 nitrogen and oxygen atoms in total. The minimum absolute atomic E-state index is 0.0260. The first kappa shape index (κ1) is 14.2. The molecule has 1 fully saturated rings. The molecule has 1 unspecified atom stereocenters. The molecule has 8 heteroatoms. The van der Waals surface area contributed by atoms with E-state index in [1.54, 1.807) is 12.4 Å². The highest BCUT2D eigenvalue weighted by Crippen LogP contribution is 2.13. The molecule has 108 valence electrons. The normalized spacial score (nSPS) is 19.4. The number of piperazine rings is 1. The summed E-state index contributed by atoms with van der Waals surface area (Å²) in [6.07, 6.45) is 3.26. The summed E-state index contributed by atoms with van der Waals surface area (Å²) in [5.74, 6) is -0.375. The van der Waals surface area contributed by atoms with Crippen LogP contribution in [0.15, 0.2) is 12.4 Å². The third-order valence-electron chi connectivity index (χ3n) is 3.14. The largest absolute Gasteiger partial charge is 0.469 e. The molecular weight excluding hydrogens is 262 g/mol. The Morgan fingerprint density at radius 2 is 2.25 bits per heavy atom. The summed E-state index contributed by atoms with van der Waals surface area (Å²) in [6, 6.07) is -0.534. The smallest absolute Gasteiger partial charge is 0.307 e. The third kappa shape index (κ3) is 3.41. The van der Waals surface area contributed by atoms with Gasteiger partial charge in [0.25, 0.3) is 0 Å². The van der Waals surface area contributed by atoms with Crippen LogP contribution >= 0.6 is 0 Å². The number of hydrogen-bond acceptors (Lipinski definition) is 7. The minimum atomic E-state index is -0.534. The SMILES string of the molecule is COC(=O)CC1C(=O)NCCN1Cc1cnc(N)nc1. The van der Waals surface area contributed by atoms with Crippen LogP contribution in [0.25, 0.3) is 0 Å². The second-order valence-corrected chi connectivity index (χ2v) is 4.51. The third-order valence-corrected chi connectivity index (χ3v) is 3.14. The number of aromatic nitrogens is 2. The molecule has 1 amide bonds. The number of nitrogens with one attached hydrogen (secondary N) is 1. The predicted molar refractivity (Wildman–Crippen MR) is 70.3 cm³/mol. The highest BCUT2D eigenvalue weighted by atomic mass is 16.5. The van der Waals surface area contributed by atoms with Crippen LogP contribution in [-0.2, 0) is 20.9 Å². The number of methoxy groups -OCH3 is 1. The molecule has 0 aliphatic carbocycles. The molecule has 20 heavy (non-hydrogen) atoms. The van der Waals surface area contributed by atoms with E-state index in [2.05, 4.69) is 20.0 Å². The summed E-state index contributed by atoms with van der Waals surface area (Å²) in [6.45, 7) is 1.68. The predicted octanol–water partition coefficient (Wildman–Crippen LogP) is -1.08. The Morgan fingerprint density at radius 3 is 2.90 bits per heavy atom. The van der Waals surface area contributed by atoms with E-state index in [1.165, 1.54) is 7.11 Å². The molecule has 1 aliphatic rings. The number of carbonyl (C=O) groups excluding carboxylic acids is 2. The Balaban J connectivity index is 2.08. The highest BCUT2D eigenvalue weighted by molar-refractivity contribution is 5.87. The number of hydrogen-bond donors (Lipinski definition) is 2. The average Bonchev–Trinajstić information content (AvgIpc) is 2.45. The number of nitrogens with two attached hydrogens (primary N) is 1. The lowest BCUT2D eigenvalue weighted by Crippen LogP contribution is -2.55. The van der Waals surface area contributed by atoms with Gasteiger partial charge in [-0.05, 0) is 0 Å². The van der Waals surface area contributed by atoms with Gasteiger partial charge in [-0.3, -0.25) is 14.5 Å². The molecule has 0 spiro atoms. The maximum atomic E-state index is 11.9. The molecule has 1 aliphatic heterocycles. The molecule has 0 bridgehead atoms. The lowest BCUT2D eigenvalue weighted by atomic mass is 10.1. The van der Waals surface area contributed by atoms with E-state index in [-0.39, 0.29) is 18.3 Å². The Hall–Kier alpha value is -2.22. The van der Waals surface area contributed by atoms with Crippen LogP contribution in [0.4, 0.5) is 5.95 Å². The van der Waals surface area contributed by atoms with Crippen molar-refractivity contribution < 1.29 is 14.3 Å². The number of nitrogens with zero attached hydrogens (tertiary/aromatic N) is 3. The zero-order valence-corrected chi connectivity index (χ0v) is 11.2. The molecule has 1 atom stereocenters. The van der Waals surface area contributed by atoms with Gasteiger partial charge in [-0.2, -0.15) is 0 Å². The number of anilines is 1. The van der Waals surface area contributed by atoms with Gasteiger partial charge in [-0.25, -0.2) is 9.97 Å². The van der Waals surface area contributed by atoms with Gasteiger partial charge >= 0.3 is 5.97 Å². The highest BCUT2D eigenvalue weighted by Gasteiger charge is 2.31. The van der Waals surface area contributed by atoms with Crippen molar-refractivity contribution in [1.29, 1.82) is 0 Å². The molecule has 1 saturated heterocycles. The van der Waals surface area contributed by atoms with Crippen molar-refractivity contribution in [3.8, 4) is 0 Å². The maximum absolute atomic E-state index is 11.9. The quantitative estimate of drug-likeness (QED) is 0.674. The summed E-state index contributed by atoms with van der Waals surface area (Å²) < 4.78 is 4.63. The molecule has 1 aromatic rings. The summed E-state index contributed by atoms with van der Waals surface area (Å²) in [5, 5.41) is 2.75. The summed E-state index contributed by atoms with van der Waals surface area (Å²) in [5.41, 5.74) is 6.27. The Bertz CT molecular complexity index is 490. The van der Waals surface area contributed by atoms with E-state index in [0.29, 0.717) is 19.6 Å². The van der Waals surface area contributed by atoms with E-state index in [9.17, 15) is 9.59 Å². The van der Waals surface area contributed by atoms with E-state index >= 15 is 0 Å². The number of amides is 1. The van der Waals surface area contributed by atoms with Gasteiger partial charge in [0.2, 0.25) is 11.9 Å². The summed E-state index contributed by atoms with van der Waals surface area (Å²) in [4.78, 5) is 33.0. The first-order valence-corrected chi connectivity index (χ1v) is 6.25. The Morgan fingerprint density at radius 1 is 1.55 bits per heavy atom. The van der Waals surface area contributed by atoms with Gasteiger partial charge in [0.05, 0.1) is 13.5 Å². The number of esters is 1. The van der Waals surface area contributed by atoms with Crippen molar-refractivity contribution in [3.05, 3.63) is 18.0 Å². The lowest BCUT2D eigenvalue weighted by Gasteiger charge is -2.34. The Kier molecular flexibility index (Phi) is 4.46. The van der Waals surface area contributed by atoms with Crippen molar-refractivity contribution in [2.24, 2.45) is 0 Å². The minimum Gasteiger partial charge on any atom is -0.469 e. The van der Waals surface area contributed by atoms with E-state index in [1.807, 2.05) is 4.90 Å². The van der Waals surface area contributed by atoms with Crippen LogP contribution in [-0.4, -0.2) is 53.0 Å². The molecule has 0 radical (unpaired) electrons. The summed E-state index contributed by atoms with van der Waals surface area (Å²) >= 11 is 0. The van der Waals surface area contributed by atoms with Crippen LogP contribution in [0.2, 0.25) is 0 Å². The van der Waals surface area contributed by atoms with Crippen LogP contribution in [0.1, 0.15) is 12.0 Å². The first-order chi connectivity index (χ1) is 9.60. The topological polar surface area (TPSA) is 110 Å². The number of carbonyl (C=O) groups is 2. The number of rotatable bonds is 4. The summed E-state index contributed by atoms with van der Waals surface area (Å²) in [7, 11) is 1.31. The standard InChI is InChI=1S/C12H17N5O3/c1-20-10(18)4-9-11(19)14-2-3-17(9)7-8-5-15-12(13)16-6-8/h5-6,9H,2-4,7H2,1H3,(H,14,19)(H2,13,15,16). The van der Waals surface area contributed by atoms with E-state index < -0.39 is 12.0 Å². The van der Waals surface area contributed by atoms with Crippen LogP contribution < -0.4 is 11.1 Å². The zero-order chi connectivity index (χ0) is 14.5. The number of nitrogen functional groups attached to an aromatic ring is 1. The van der Waals surface area contributed by atoms with Crippen molar-refractivity contribution in [2.45, 2.75) is 19.0 Å². The first-order valence-electron chi connectivity index (χ1n) is 6.25. The van der Waals surface area contributed by atoms with E-state index in [0.717, 1.165) is 5.56 Å². The van der Waals surface area contributed by atoms with Gasteiger partial charge in [0, 0.05) is 37.6 Å². The molecule has 2 heterocycles. The molecule has 2 rings (SSSR count). The van der Waals surface area contributed by atoms with Crippen molar-refractivity contribution in [1.82, 2.24) is 20.2 Å². The molecule has 0 saturated carbocycles. The van der Waals surface area contributed by atoms with Crippen LogP contribution in [0.5, 0.6) is 0 Å². The van der Waals surface area contributed by atoms with Crippen LogP contribution in [0.3, 0.4) is 0 Å². The van der Waals surface area contributed by atoms with Crippen LogP contribution in [0, 0.1) is 0 Å². The maximum Gasteiger partial charge on any atom is 0.307 e. The second-order valence-electron chi connectivity index (χ2n) is 4.51. The molecule has 1 aromatic heterocycles. The lowest BCUT2D eigenvalue weighted by molar-refractivity contribution is -0.146. The Labute approximate surface area is 116 Å². The second kappa shape index (κ2) is 6.29. The van der Waals surface area contributed by atoms with Gasteiger partial charge in [0.1, 0.15) is 6.04 Å².